The van der Waals surface area contributed by atoms with Gasteiger partial charge in [-0.25, -0.2) is 17.5 Å². The third kappa shape index (κ3) is 3.17. The van der Waals surface area contributed by atoms with Crippen molar-refractivity contribution >= 4 is 20.9 Å². The summed E-state index contributed by atoms with van der Waals surface area (Å²) < 4.78 is 40.4. The van der Waals surface area contributed by atoms with Crippen molar-refractivity contribution in [1.29, 1.82) is 0 Å². The number of benzene rings is 1. The lowest BCUT2D eigenvalue weighted by Gasteiger charge is -2.23. The fourth-order valence-corrected chi connectivity index (χ4v) is 4.63. The van der Waals surface area contributed by atoms with Gasteiger partial charge in [0, 0.05) is 22.6 Å². The molecule has 4 nitrogen and oxygen atoms in total. The van der Waals surface area contributed by atoms with Crippen LogP contribution in [-0.4, -0.2) is 25.2 Å². The maximum absolute atomic E-state index is 13.5. The van der Waals surface area contributed by atoms with Gasteiger partial charge in [-0.1, -0.05) is 13.3 Å². The van der Waals surface area contributed by atoms with Crippen LogP contribution in [0.4, 0.5) is 4.39 Å². The zero-order valence-corrected chi connectivity index (χ0v) is 13.5. The van der Waals surface area contributed by atoms with Crippen molar-refractivity contribution in [2.75, 3.05) is 5.75 Å². The highest BCUT2D eigenvalue weighted by atomic mass is 32.2. The lowest BCUT2D eigenvalue weighted by atomic mass is 9.92. The first-order valence-corrected chi connectivity index (χ1v) is 9.42. The molecule has 0 saturated carbocycles. The largest absolute Gasteiger partial charge is 0.358 e. The summed E-state index contributed by atoms with van der Waals surface area (Å²) in [6, 6.07) is 4.61. The monoisotopic (exact) mass is 324 g/mol. The summed E-state index contributed by atoms with van der Waals surface area (Å²) >= 11 is 0. The molecule has 0 aliphatic heterocycles. The Morgan fingerprint density at radius 3 is 3.00 bits per heavy atom. The van der Waals surface area contributed by atoms with Gasteiger partial charge in [0.05, 0.1) is 5.75 Å². The molecule has 22 heavy (non-hydrogen) atoms. The number of aromatic nitrogens is 1. The number of aromatic amines is 1. The van der Waals surface area contributed by atoms with E-state index in [4.69, 9.17) is 0 Å². The molecular formula is C16H21FN2O2S. The van der Waals surface area contributed by atoms with Crippen molar-refractivity contribution in [3.05, 3.63) is 35.3 Å². The molecule has 1 aromatic carbocycles. The molecule has 0 saturated heterocycles. The van der Waals surface area contributed by atoms with Gasteiger partial charge in [-0.05, 0) is 49.4 Å². The van der Waals surface area contributed by atoms with Gasteiger partial charge in [0.2, 0.25) is 10.0 Å². The number of fused-ring (bicyclic) bond motifs is 3. The van der Waals surface area contributed by atoms with Gasteiger partial charge in [0.15, 0.2) is 0 Å². The Bertz CT molecular complexity index is 783. The van der Waals surface area contributed by atoms with Crippen molar-refractivity contribution < 1.29 is 12.8 Å². The van der Waals surface area contributed by atoms with E-state index in [0.717, 1.165) is 41.4 Å². The van der Waals surface area contributed by atoms with Gasteiger partial charge in [0.1, 0.15) is 5.82 Å². The number of sulfonamides is 1. The fraction of sp³-hybridized carbons (Fsp3) is 0.500. The Balaban J connectivity index is 1.81. The van der Waals surface area contributed by atoms with E-state index in [1.54, 1.807) is 6.07 Å². The lowest BCUT2D eigenvalue weighted by Crippen LogP contribution is -2.39. The summed E-state index contributed by atoms with van der Waals surface area (Å²) in [4.78, 5) is 3.32. The van der Waals surface area contributed by atoms with Crippen molar-refractivity contribution in [3.63, 3.8) is 0 Å². The van der Waals surface area contributed by atoms with Crippen LogP contribution >= 0.6 is 0 Å². The smallest absolute Gasteiger partial charge is 0.211 e. The van der Waals surface area contributed by atoms with Crippen LogP contribution in [0.1, 0.15) is 37.4 Å². The third-order valence-electron chi connectivity index (χ3n) is 4.26. The minimum absolute atomic E-state index is 0.100. The Morgan fingerprint density at radius 1 is 1.41 bits per heavy atom. The topological polar surface area (TPSA) is 62.0 Å². The molecule has 2 N–H and O–H groups in total. The molecule has 1 aliphatic carbocycles. The molecule has 0 spiro atoms. The van der Waals surface area contributed by atoms with Gasteiger partial charge in [0.25, 0.3) is 0 Å². The lowest BCUT2D eigenvalue weighted by molar-refractivity contribution is 0.505. The zero-order valence-electron chi connectivity index (χ0n) is 12.7. The molecule has 1 unspecified atom stereocenters. The summed E-state index contributed by atoms with van der Waals surface area (Å²) in [6.45, 7) is 1.98. The SMILES string of the molecule is CCCCS(=O)(=O)NC1CCc2[nH]c3ccc(F)cc3c2C1. The number of unbranched alkanes of at least 4 members (excludes halogenated alkanes) is 1. The van der Waals surface area contributed by atoms with Crippen LogP contribution in [0.5, 0.6) is 0 Å². The third-order valence-corrected chi connectivity index (χ3v) is 5.78. The molecule has 1 aliphatic rings. The average molecular weight is 324 g/mol. The molecular weight excluding hydrogens is 303 g/mol. The van der Waals surface area contributed by atoms with E-state index in [9.17, 15) is 12.8 Å². The van der Waals surface area contributed by atoms with E-state index in [0.29, 0.717) is 12.8 Å². The van der Waals surface area contributed by atoms with Gasteiger partial charge < -0.3 is 4.98 Å². The van der Waals surface area contributed by atoms with E-state index >= 15 is 0 Å². The number of H-pyrrole nitrogens is 1. The zero-order chi connectivity index (χ0) is 15.7. The highest BCUT2D eigenvalue weighted by Crippen LogP contribution is 2.30. The molecule has 6 heteroatoms. The quantitative estimate of drug-likeness (QED) is 0.888. The number of hydrogen-bond donors (Lipinski definition) is 2. The average Bonchev–Trinajstić information content (AvgIpc) is 2.82. The minimum atomic E-state index is -3.22. The van der Waals surface area contributed by atoms with Crippen LogP contribution < -0.4 is 4.72 Å². The first-order chi connectivity index (χ1) is 10.5. The predicted octanol–water partition coefficient (Wildman–Crippen LogP) is 2.88. The molecule has 120 valence electrons. The number of rotatable bonds is 5. The van der Waals surface area contributed by atoms with E-state index < -0.39 is 10.0 Å². The molecule has 1 aromatic heterocycles. The maximum Gasteiger partial charge on any atom is 0.211 e. The summed E-state index contributed by atoms with van der Waals surface area (Å²) in [6.07, 6.45) is 3.70. The van der Waals surface area contributed by atoms with Gasteiger partial charge >= 0.3 is 0 Å². The van der Waals surface area contributed by atoms with Gasteiger partial charge in [-0.15, -0.1) is 0 Å². The van der Waals surface area contributed by atoms with Crippen LogP contribution in [0.2, 0.25) is 0 Å². The molecule has 2 aromatic rings. The Hall–Kier alpha value is -1.40. The van der Waals surface area contributed by atoms with Crippen LogP contribution in [0, 0.1) is 5.82 Å². The van der Waals surface area contributed by atoms with E-state index in [-0.39, 0.29) is 17.6 Å². The summed E-state index contributed by atoms with van der Waals surface area (Å²) in [5, 5.41) is 0.868. The normalized spacial score (nSPS) is 18.5. The Kier molecular flexibility index (Phi) is 4.23. The summed E-state index contributed by atoms with van der Waals surface area (Å²) in [7, 11) is -3.22. The first-order valence-electron chi connectivity index (χ1n) is 7.77. The van der Waals surface area contributed by atoms with Crippen molar-refractivity contribution in [2.24, 2.45) is 0 Å². The molecule has 3 rings (SSSR count). The summed E-state index contributed by atoms with van der Waals surface area (Å²) in [5.41, 5.74) is 3.06. The Labute approximate surface area is 130 Å². The van der Waals surface area contributed by atoms with Crippen molar-refractivity contribution in [1.82, 2.24) is 9.71 Å². The van der Waals surface area contributed by atoms with Crippen LogP contribution in [0.25, 0.3) is 10.9 Å². The molecule has 1 heterocycles. The highest BCUT2D eigenvalue weighted by Gasteiger charge is 2.25. The number of nitrogens with one attached hydrogen (secondary N) is 2. The Morgan fingerprint density at radius 2 is 2.23 bits per heavy atom. The minimum Gasteiger partial charge on any atom is -0.358 e. The number of halogens is 1. The second-order valence-corrected chi connectivity index (χ2v) is 7.88. The summed E-state index contributed by atoms with van der Waals surface area (Å²) in [5.74, 6) is -0.0880. The second kappa shape index (κ2) is 6.01. The standard InChI is InChI=1S/C16H21FN2O2S/c1-2-3-8-22(20,21)19-12-5-7-16-14(10-12)13-9-11(17)4-6-15(13)18-16/h4,6,9,12,18-19H,2-3,5,7-8,10H2,1H3. The molecule has 1 atom stereocenters. The molecule has 0 radical (unpaired) electrons. The van der Waals surface area contributed by atoms with E-state index in [2.05, 4.69) is 9.71 Å². The fourth-order valence-electron chi connectivity index (χ4n) is 3.14. The van der Waals surface area contributed by atoms with Gasteiger partial charge in [-0.2, -0.15) is 0 Å². The molecule has 0 amide bonds. The molecule has 0 bridgehead atoms. The van der Waals surface area contributed by atoms with Gasteiger partial charge in [-0.3, -0.25) is 0 Å². The highest BCUT2D eigenvalue weighted by molar-refractivity contribution is 7.89. The van der Waals surface area contributed by atoms with Crippen LogP contribution in [0.15, 0.2) is 18.2 Å². The first kappa shape index (κ1) is 15.5. The maximum atomic E-state index is 13.5. The van der Waals surface area contributed by atoms with Crippen molar-refractivity contribution in [2.45, 2.75) is 45.1 Å². The van der Waals surface area contributed by atoms with Crippen LogP contribution in [0.3, 0.4) is 0 Å². The van der Waals surface area contributed by atoms with E-state index in [1.165, 1.54) is 12.1 Å². The number of aryl methyl sites for hydroxylation is 1. The second-order valence-electron chi connectivity index (χ2n) is 6.00. The van der Waals surface area contributed by atoms with E-state index in [1.807, 2.05) is 6.92 Å². The van der Waals surface area contributed by atoms with Crippen molar-refractivity contribution in [3.8, 4) is 0 Å². The number of hydrogen-bond acceptors (Lipinski definition) is 2. The predicted molar refractivity (Wildman–Crippen MR) is 85.9 cm³/mol. The van der Waals surface area contributed by atoms with Crippen LogP contribution in [-0.2, 0) is 22.9 Å². The molecule has 0 fully saturated rings.